The van der Waals surface area contributed by atoms with Gasteiger partial charge in [0, 0.05) is 28.3 Å². The standard InChI is InChI=1S/C26H20ClF7IN7O2/c1-3-36-23(44)17-8-14(35)7-13(2)16(17)10-20(43)19-9-15(39-42(19)22-18(27)5-4-6-37-22)11-41-12-21(38-40-41)24(28,29)25(30,31)26(32,33)34/h4-9,12H,3,10-11H2,1-2H3,(H,36,44). The van der Waals surface area contributed by atoms with Crippen LogP contribution in [0.15, 0.2) is 42.7 Å². The minimum Gasteiger partial charge on any atom is -0.352 e. The Morgan fingerprint density at radius 3 is 2.43 bits per heavy atom. The van der Waals surface area contributed by atoms with E-state index in [1.165, 1.54) is 24.4 Å². The zero-order valence-corrected chi connectivity index (χ0v) is 25.5. The molecule has 0 aliphatic rings. The minimum atomic E-state index is -6.55. The number of aryl methyl sites for hydroxylation is 1. The molecule has 1 amide bonds. The maximum atomic E-state index is 14.1. The Labute approximate surface area is 262 Å². The highest BCUT2D eigenvalue weighted by atomic mass is 127. The maximum absolute atomic E-state index is 14.1. The van der Waals surface area contributed by atoms with Gasteiger partial charge >= 0.3 is 18.0 Å². The number of ketones is 1. The van der Waals surface area contributed by atoms with Crippen LogP contribution < -0.4 is 5.32 Å². The van der Waals surface area contributed by atoms with Gasteiger partial charge in [0.2, 0.25) is 0 Å². The molecule has 4 aromatic rings. The molecule has 0 fully saturated rings. The summed E-state index contributed by atoms with van der Waals surface area (Å²) in [5.74, 6) is -13.1. The summed E-state index contributed by atoms with van der Waals surface area (Å²) < 4.78 is 95.5. The Bertz CT molecular complexity index is 1720. The molecule has 0 saturated heterocycles. The molecule has 1 N–H and O–H groups in total. The van der Waals surface area contributed by atoms with Crippen LogP contribution in [0.5, 0.6) is 0 Å². The first kappa shape index (κ1) is 33.3. The predicted molar refractivity (Wildman–Crippen MR) is 150 cm³/mol. The zero-order chi connectivity index (χ0) is 32.6. The first-order valence-corrected chi connectivity index (χ1v) is 14.0. The van der Waals surface area contributed by atoms with Gasteiger partial charge in [0.1, 0.15) is 5.69 Å². The van der Waals surface area contributed by atoms with Gasteiger partial charge in [-0.05, 0) is 77.9 Å². The number of benzene rings is 1. The number of hydrogen-bond donors (Lipinski definition) is 1. The third-order valence-corrected chi connectivity index (χ3v) is 7.19. The van der Waals surface area contributed by atoms with Crippen molar-refractivity contribution in [3.63, 3.8) is 0 Å². The number of aromatic nitrogens is 6. The van der Waals surface area contributed by atoms with Gasteiger partial charge < -0.3 is 5.32 Å². The monoisotopic (exact) mass is 757 g/mol. The number of carbonyl (C=O) groups excluding carboxylic acids is 2. The molecule has 9 nitrogen and oxygen atoms in total. The molecule has 0 unspecified atom stereocenters. The van der Waals surface area contributed by atoms with Crippen LogP contribution in [0.4, 0.5) is 30.7 Å². The Morgan fingerprint density at radius 1 is 1.09 bits per heavy atom. The fourth-order valence-corrected chi connectivity index (χ4v) is 5.12. The third-order valence-electron chi connectivity index (χ3n) is 6.28. The zero-order valence-electron chi connectivity index (χ0n) is 22.6. The molecule has 0 spiro atoms. The highest BCUT2D eigenvalue weighted by Crippen LogP contribution is 2.51. The molecule has 0 saturated carbocycles. The summed E-state index contributed by atoms with van der Waals surface area (Å²) in [5, 5.41) is 13.1. The highest BCUT2D eigenvalue weighted by molar-refractivity contribution is 14.1. The van der Waals surface area contributed by atoms with E-state index in [0.717, 1.165) is 8.25 Å². The quantitative estimate of drug-likeness (QED) is 0.122. The van der Waals surface area contributed by atoms with Gasteiger partial charge in [0.15, 0.2) is 17.3 Å². The number of rotatable bonds is 10. The molecule has 18 heteroatoms. The molecule has 0 radical (unpaired) electrons. The van der Waals surface area contributed by atoms with E-state index in [0.29, 0.717) is 22.4 Å². The number of nitrogens with one attached hydrogen (secondary N) is 1. The van der Waals surface area contributed by atoms with Crippen LogP contribution in [0, 0.1) is 10.5 Å². The number of pyridine rings is 1. The van der Waals surface area contributed by atoms with Crippen molar-refractivity contribution < 1.29 is 40.3 Å². The molecule has 0 atom stereocenters. The summed E-state index contributed by atoms with van der Waals surface area (Å²) in [4.78, 5) is 30.6. The van der Waals surface area contributed by atoms with E-state index >= 15 is 0 Å². The minimum absolute atomic E-state index is 0.00248. The highest BCUT2D eigenvalue weighted by Gasteiger charge is 2.74. The van der Waals surface area contributed by atoms with E-state index in [1.54, 1.807) is 26.0 Å². The average Bonchev–Trinajstić information content (AvgIpc) is 3.57. The molecule has 234 valence electrons. The lowest BCUT2D eigenvalue weighted by molar-refractivity contribution is -0.360. The number of amides is 1. The Morgan fingerprint density at radius 2 is 1.80 bits per heavy atom. The van der Waals surface area contributed by atoms with Crippen LogP contribution in [0.1, 0.15) is 50.3 Å². The van der Waals surface area contributed by atoms with Crippen molar-refractivity contribution in [2.75, 3.05) is 6.54 Å². The molecule has 0 bridgehead atoms. The van der Waals surface area contributed by atoms with Crippen LogP contribution in [-0.2, 0) is 18.9 Å². The van der Waals surface area contributed by atoms with E-state index < -0.39 is 42.0 Å². The van der Waals surface area contributed by atoms with Gasteiger partial charge in [-0.3, -0.25) is 9.59 Å². The smallest absolute Gasteiger partial charge is 0.352 e. The van der Waals surface area contributed by atoms with Gasteiger partial charge in [-0.25, -0.2) is 14.3 Å². The fourth-order valence-electron chi connectivity index (χ4n) is 4.14. The number of nitrogens with zero attached hydrogens (tertiary/aromatic N) is 6. The van der Waals surface area contributed by atoms with Gasteiger partial charge in [-0.15, -0.1) is 5.10 Å². The van der Waals surface area contributed by atoms with Crippen LogP contribution in [0.3, 0.4) is 0 Å². The van der Waals surface area contributed by atoms with E-state index in [2.05, 4.69) is 25.7 Å². The Kier molecular flexibility index (Phi) is 9.39. The molecule has 0 aliphatic carbocycles. The van der Waals surface area contributed by atoms with E-state index in [1.807, 2.05) is 22.6 Å². The second kappa shape index (κ2) is 12.4. The summed E-state index contributed by atoms with van der Waals surface area (Å²) in [6.45, 7) is 3.24. The van der Waals surface area contributed by atoms with Crippen LogP contribution in [-0.4, -0.2) is 60.1 Å². The van der Waals surface area contributed by atoms with Crippen molar-refractivity contribution in [1.82, 2.24) is 35.1 Å². The number of hydrogen-bond acceptors (Lipinski definition) is 6. The first-order chi connectivity index (χ1) is 20.5. The van der Waals surface area contributed by atoms with E-state index in [9.17, 15) is 40.3 Å². The van der Waals surface area contributed by atoms with Crippen LogP contribution in [0.2, 0.25) is 5.02 Å². The lowest BCUT2D eigenvalue weighted by Gasteiger charge is -2.26. The van der Waals surface area contributed by atoms with E-state index in [4.69, 9.17) is 11.6 Å². The number of Topliss-reactive ketones (excluding diaryl/α,β-unsaturated/α-hetero) is 1. The predicted octanol–water partition coefficient (Wildman–Crippen LogP) is 5.94. The lowest BCUT2D eigenvalue weighted by atomic mass is 9.95. The van der Waals surface area contributed by atoms with Crippen LogP contribution in [0.25, 0.3) is 5.82 Å². The van der Waals surface area contributed by atoms with Gasteiger partial charge in [-0.2, -0.15) is 35.8 Å². The second-order valence-corrected chi connectivity index (χ2v) is 11.1. The lowest BCUT2D eigenvalue weighted by Crippen LogP contribution is -2.50. The van der Waals surface area contributed by atoms with Crippen molar-refractivity contribution in [2.24, 2.45) is 0 Å². The normalized spacial score (nSPS) is 12.4. The fraction of sp³-hybridized carbons (Fsp3) is 0.308. The molecule has 1 aromatic carbocycles. The molecule has 4 rings (SSSR count). The van der Waals surface area contributed by atoms with Crippen molar-refractivity contribution in [1.29, 1.82) is 0 Å². The van der Waals surface area contributed by atoms with Crippen molar-refractivity contribution >= 4 is 45.9 Å². The largest absolute Gasteiger partial charge is 0.460 e. The van der Waals surface area contributed by atoms with Crippen LogP contribution >= 0.6 is 34.2 Å². The summed E-state index contributed by atoms with van der Waals surface area (Å²) in [6, 6.07) is 7.61. The molecule has 3 aromatic heterocycles. The molecule has 0 aliphatic heterocycles. The molecule has 3 heterocycles. The van der Waals surface area contributed by atoms with Crippen molar-refractivity contribution in [3.05, 3.63) is 85.1 Å². The number of alkyl halides is 7. The third kappa shape index (κ3) is 6.43. The topological polar surface area (TPSA) is 108 Å². The second-order valence-electron chi connectivity index (χ2n) is 9.40. The summed E-state index contributed by atoms with van der Waals surface area (Å²) in [7, 11) is 0. The summed E-state index contributed by atoms with van der Waals surface area (Å²) >= 11 is 8.32. The number of carbonyl (C=O) groups is 2. The van der Waals surface area contributed by atoms with Crippen molar-refractivity contribution in [2.45, 2.75) is 44.8 Å². The summed E-state index contributed by atoms with van der Waals surface area (Å²) in [6.07, 6.45) is -5.25. The first-order valence-electron chi connectivity index (χ1n) is 12.5. The van der Waals surface area contributed by atoms with E-state index in [-0.39, 0.29) is 40.4 Å². The maximum Gasteiger partial charge on any atom is 0.460 e. The average molecular weight is 758 g/mol. The molecular formula is C26H20ClF7IN7O2. The number of halogens is 9. The SMILES string of the molecule is CCNC(=O)c1cc(I)cc(C)c1CC(=O)c1cc(Cn2cc(C(F)(F)C(F)(F)C(F)(F)F)nn2)nn1-c1ncccc1Cl. The molecule has 44 heavy (non-hydrogen) atoms. The molecular weight excluding hydrogens is 738 g/mol. The Balaban J connectivity index is 1.73. The summed E-state index contributed by atoms with van der Waals surface area (Å²) in [5.41, 5.74) is -0.721. The van der Waals surface area contributed by atoms with Gasteiger partial charge in [0.05, 0.1) is 23.5 Å². The van der Waals surface area contributed by atoms with Gasteiger partial charge in [-0.1, -0.05) is 16.8 Å². The Hall–Kier alpha value is -3.61. The van der Waals surface area contributed by atoms with Crippen molar-refractivity contribution in [3.8, 4) is 5.82 Å². The van der Waals surface area contributed by atoms with Gasteiger partial charge in [0.25, 0.3) is 5.91 Å².